The molecule has 0 saturated carbocycles. The van der Waals surface area contributed by atoms with Crippen LogP contribution in [-0.2, 0) is 23.7 Å². The maximum atomic E-state index is 12.5. The van der Waals surface area contributed by atoms with Gasteiger partial charge in [0, 0.05) is 44.1 Å². The van der Waals surface area contributed by atoms with Crippen LogP contribution in [0, 0.1) is 0 Å². The standard InChI is InChI=1S/C20H28N4O4S/c1-3-14-29(26,27)24-11-8-17(9-12-24)22-20(25)16-4-6-18(7-5-16)28-15-19-21-10-13-23(19)2/h4-7,10,13,17H,3,8-9,11-12,14-15H2,1-2H3,(H,22,25). The lowest BCUT2D eigenvalue weighted by atomic mass is 10.1. The summed E-state index contributed by atoms with van der Waals surface area (Å²) >= 11 is 0. The van der Waals surface area contributed by atoms with E-state index in [4.69, 9.17) is 4.74 Å². The third kappa shape index (κ3) is 5.57. The molecule has 0 bridgehead atoms. The Morgan fingerprint density at radius 1 is 1.24 bits per heavy atom. The monoisotopic (exact) mass is 420 g/mol. The summed E-state index contributed by atoms with van der Waals surface area (Å²) in [4.78, 5) is 16.7. The molecule has 1 N–H and O–H groups in total. The summed E-state index contributed by atoms with van der Waals surface area (Å²) in [5.41, 5.74) is 0.551. The van der Waals surface area contributed by atoms with E-state index in [0.29, 0.717) is 50.3 Å². The SMILES string of the molecule is CCCS(=O)(=O)N1CCC(NC(=O)c2ccc(OCc3nccn3C)cc2)CC1. The van der Waals surface area contributed by atoms with Crippen molar-refractivity contribution in [3.05, 3.63) is 48.0 Å². The van der Waals surface area contributed by atoms with Gasteiger partial charge >= 0.3 is 0 Å². The Balaban J connectivity index is 1.48. The van der Waals surface area contributed by atoms with Crippen LogP contribution >= 0.6 is 0 Å². The molecule has 1 saturated heterocycles. The zero-order chi connectivity index (χ0) is 20.9. The third-order valence-electron chi connectivity index (χ3n) is 5.05. The smallest absolute Gasteiger partial charge is 0.251 e. The first-order chi connectivity index (χ1) is 13.9. The second-order valence-electron chi connectivity index (χ2n) is 7.23. The molecular weight excluding hydrogens is 392 g/mol. The molecule has 2 heterocycles. The molecule has 1 aliphatic heterocycles. The predicted octanol–water partition coefficient (Wildman–Crippen LogP) is 1.93. The van der Waals surface area contributed by atoms with Gasteiger partial charge in [0.1, 0.15) is 18.2 Å². The van der Waals surface area contributed by atoms with Crippen LogP contribution in [0.5, 0.6) is 5.75 Å². The number of aromatic nitrogens is 2. The molecule has 158 valence electrons. The molecule has 1 aliphatic rings. The fourth-order valence-corrected chi connectivity index (χ4v) is 4.86. The molecule has 0 radical (unpaired) electrons. The molecule has 3 rings (SSSR count). The number of carbonyl (C=O) groups excluding carboxylic acids is 1. The normalized spacial score (nSPS) is 15.9. The first kappa shape index (κ1) is 21.3. The number of rotatable bonds is 8. The zero-order valence-electron chi connectivity index (χ0n) is 16.9. The van der Waals surface area contributed by atoms with Gasteiger partial charge in [0.05, 0.1) is 5.75 Å². The van der Waals surface area contributed by atoms with E-state index < -0.39 is 10.0 Å². The number of nitrogens with one attached hydrogen (secondary N) is 1. The largest absolute Gasteiger partial charge is 0.486 e. The van der Waals surface area contributed by atoms with E-state index >= 15 is 0 Å². The Hall–Kier alpha value is -2.39. The van der Waals surface area contributed by atoms with Crippen LogP contribution < -0.4 is 10.1 Å². The van der Waals surface area contributed by atoms with Gasteiger partial charge in [-0.05, 0) is 43.5 Å². The fraction of sp³-hybridized carbons (Fsp3) is 0.500. The minimum atomic E-state index is -3.17. The van der Waals surface area contributed by atoms with Gasteiger partial charge in [-0.1, -0.05) is 6.92 Å². The van der Waals surface area contributed by atoms with E-state index in [-0.39, 0.29) is 17.7 Å². The topological polar surface area (TPSA) is 93.5 Å². The summed E-state index contributed by atoms with van der Waals surface area (Å²) in [7, 11) is -1.26. The maximum absolute atomic E-state index is 12.5. The van der Waals surface area contributed by atoms with E-state index in [1.54, 1.807) is 30.5 Å². The summed E-state index contributed by atoms with van der Waals surface area (Å²) in [5, 5.41) is 3.01. The number of imidazole rings is 1. The molecule has 0 spiro atoms. The predicted molar refractivity (Wildman–Crippen MR) is 110 cm³/mol. The van der Waals surface area contributed by atoms with E-state index in [0.717, 1.165) is 5.82 Å². The van der Waals surface area contributed by atoms with Gasteiger partial charge in [-0.3, -0.25) is 4.79 Å². The first-order valence-electron chi connectivity index (χ1n) is 9.87. The first-order valence-corrected chi connectivity index (χ1v) is 11.5. The van der Waals surface area contributed by atoms with Crippen molar-refractivity contribution in [1.29, 1.82) is 0 Å². The lowest BCUT2D eigenvalue weighted by Crippen LogP contribution is -2.47. The van der Waals surface area contributed by atoms with Crippen molar-refractivity contribution in [3.63, 3.8) is 0 Å². The molecule has 8 nitrogen and oxygen atoms in total. The molecule has 1 fully saturated rings. The Morgan fingerprint density at radius 2 is 1.93 bits per heavy atom. The lowest BCUT2D eigenvalue weighted by molar-refractivity contribution is 0.0924. The van der Waals surface area contributed by atoms with Crippen molar-refractivity contribution in [2.75, 3.05) is 18.8 Å². The van der Waals surface area contributed by atoms with Crippen LogP contribution in [0.3, 0.4) is 0 Å². The highest BCUT2D eigenvalue weighted by molar-refractivity contribution is 7.89. The van der Waals surface area contributed by atoms with Crippen LogP contribution in [0.2, 0.25) is 0 Å². The van der Waals surface area contributed by atoms with E-state index in [2.05, 4.69) is 10.3 Å². The number of amides is 1. The van der Waals surface area contributed by atoms with Crippen LogP contribution in [0.15, 0.2) is 36.7 Å². The summed E-state index contributed by atoms with van der Waals surface area (Å²) in [5.74, 6) is 1.51. The Morgan fingerprint density at radius 3 is 2.52 bits per heavy atom. The van der Waals surface area contributed by atoms with Gasteiger partial charge in [-0.2, -0.15) is 0 Å². The van der Waals surface area contributed by atoms with Crippen molar-refractivity contribution in [2.45, 2.75) is 38.8 Å². The van der Waals surface area contributed by atoms with Crippen molar-refractivity contribution in [2.24, 2.45) is 7.05 Å². The van der Waals surface area contributed by atoms with E-state index in [1.165, 1.54) is 4.31 Å². The average Bonchev–Trinajstić information content (AvgIpc) is 3.12. The number of ether oxygens (including phenoxy) is 1. The highest BCUT2D eigenvalue weighted by Crippen LogP contribution is 2.17. The molecule has 29 heavy (non-hydrogen) atoms. The van der Waals surface area contributed by atoms with Crippen molar-refractivity contribution in [1.82, 2.24) is 19.2 Å². The number of hydrogen-bond donors (Lipinski definition) is 1. The Labute approximate surface area is 171 Å². The summed E-state index contributed by atoms with van der Waals surface area (Å²) < 4.78 is 33.4. The quantitative estimate of drug-likeness (QED) is 0.704. The van der Waals surface area contributed by atoms with Crippen LogP contribution in [0.25, 0.3) is 0 Å². The second-order valence-corrected chi connectivity index (χ2v) is 9.32. The van der Waals surface area contributed by atoms with Crippen LogP contribution in [0.4, 0.5) is 0 Å². The number of piperidine rings is 1. The van der Waals surface area contributed by atoms with Crippen molar-refractivity contribution >= 4 is 15.9 Å². The van der Waals surface area contributed by atoms with E-state index in [9.17, 15) is 13.2 Å². The average molecular weight is 421 g/mol. The van der Waals surface area contributed by atoms with Crippen LogP contribution in [0.1, 0.15) is 42.4 Å². The third-order valence-corrected chi connectivity index (χ3v) is 7.13. The number of hydrogen-bond acceptors (Lipinski definition) is 5. The lowest BCUT2D eigenvalue weighted by Gasteiger charge is -2.31. The Bertz CT molecular complexity index is 916. The number of carbonyl (C=O) groups is 1. The van der Waals surface area contributed by atoms with Gasteiger partial charge < -0.3 is 14.6 Å². The number of aryl methyl sites for hydroxylation is 1. The molecule has 0 aliphatic carbocycles. The molecule has 1 amide bonds. The van der Waals surface area contributed by atoms with Gasteiger partial charge in [-0.15, -0.1) is 0 Å². The highest BCUT2D eigenvalue weighted by atomic mass is 32.2. The molecule has 1 aromatic heterocycles. The molecule has 2 aromatic rings. The summed E-state index contributed by atoms with van der Waals surface area (Å²) in [6.45, 7) is 3.12. The minimum absolute atomic E-state index is 0.0186. The van der Waals surface area contributed by atoms with E-state index in [1.807, 2.05) is 24.7 Å². The highest BCUT2D eigenvalue weighted by Gasteiger charge is 2.28. The van der Waals surface area contributed by atoms with Gasteiger partial charge in [-0.25, -0.2) is 17.7 Å². The van der Waals surface area contributed by atoms with Gasteiger partial charge in [0.25, 0.3) is 5.91 Å². The Kier molecular flexibility index (Phi) is 6.92. The van der Waals surface area contributed by atoms with Gasteiger partial charge in [0.2, 0.25) is 10.0 Å². The molecular formula is C20H28N4O4S. The molecule has 0 atom stereocenters. The number of sulfonamides is 1. The minimum Gasteiger partial charge on any atom is -0.486 e. The fourth-order valence-electron chi connectivity index (χ4n) is 3.32. The van der Waals surface area contributed by atoms with Crippen LogP contribution in [-0.4, -0.2) is 53.1 Å². The van der Waals surface area contributed by atoms with Crippen molar-refractivity contribution < 1.29 is 17.9 Å². The molecule has 9 heteroatoms. The molecule has 0 unspecified atom stereocenters. The molecule has 1 aromatic carbocycles. The summed E-state index contributed by atoms with van der Waals surface area (Å²) in [6, 6.07) is 6.96. The number of nitrogens with zero attached hydrogens (tertiary/aromatic N) is 3. The van der Waals surface area contributed by atoms with Gasteiger partial charge in [0.15, 0.2) is 0 Å². The van der Waals surface area contributed by atoms with Crippen molar-refractivity contribution in [3.8, 4) is 5.75 Å². The second kappa shape index (κ2) is 9.41. The maximum Gasteiger partial charge on any atom is 0.251 e. The summed E-state index contributed by atoms with van der Waals surface area (Å²) in [6.07, 6.45) is 5.44. The zero-order valence-corrected chi connectivity index (χ0v) is 17.7. The number of benzene rings is 1.